The van der Waals surface area contributed by atoms with Crippen LogP contribution >= 0.6 is 11.3 Å². The van der Waals surface area contributed by atoms with E-state index in [0.29, 0.717) is 5.76 Å². The van der Waals surface area contributed by atoms with Crippen molar-refractivity contribution in [3.05, 3.63) is 81.4 Å². The maximum Gasteiger partial charge on any atom is 0.153 e. The Morgan fingerprint density at radius 2 is 1.95 bits per heavy atom. The van der Waals surface area contributed by atoms with Gasteiger partial charge in [0, 0.05) is 0 Å². The molecule has 1 aromatic carbocycles. The van der Waals surface area contributed by atoms with E-state index in [2.05, 4.69) is 35.7 Å². The molecule has 0 radical (unpaired) electrons. The van der Waals surface area contributed by atoms with Crippen molar-refractivity contribution >= 4 is 17.0 Å². The zero-order valence-corrected chi connectivity index (χ0v) is 12.7. The zero-order chi connectivity index (χ0) is 14.9. The monoisotopic (exact) mass is 309 g/mol. The summed E-state index contributed by atoms with van der Waals surface area (Å²) in [7, 11) is 0. The number of rotatable bonds is 4. The topological polar surface area (TPSA) is 45.7 Å². The lowest BCUT2D eigenvalue weighted by atomic mass is 10.0. The van der Waals surface area contributed by atoms with Gasteiger partial charge >= 0.3 is 0 Å². The average Bonchev–Trinajstić information content (AvgIpc) is 3.25. The third-order valence-corrected chi connectivity index (χ3v) is 4.81. The molecular formula is C18H15NO2S. The SMILES string of the molecule is OCc1ccc(C2=NC(Cc3ccccc3)c3ccsc32)o1. The summed E-state index contributed by atoms with van der Waals surface area (Å²) in [5.74, 6) is 1.31. The van der Waals surface area contributed by atoms with E-state index in [1.54, 1.807) is 17.4 Å². The number of thiophene rings is 1. The summed E-state index contributed by atoms with van der Waals surface area (Å²) < 4.78 is 5.67. The van der Waals surface area contributed by atoms with Crippen LogP contribution in [0.2, 0.25) is 0 Å². The van der Waals surface area contributed by atoms with Crippen molar-refractivity contribution < 1.29 is 9.52 Å². The van der Waals surface area contributed by atoms with E-state index in [1.165, 1.54) is 16.0 Å². The standard InChI is InChI=1S/C18H15NO2S/c20-11-13-6-7-16(21-13)17-18-14(8-9-22-18)15(19-17)10-12-4-2-1-3-5-12/h1-9,15,20H,10-11H2. The number of benzene rings is 1. The molecule has 3 aromatic rings. The molecule has 0 saturated heterocycles. The molecule has 1 atom stereocenters. The summed E-state index contributed by atoms with van der Waals surface area (Å²) in [4.78, 5) is 6.06. The zero-order valence-electron chi connectivity index (χ0n) is 11.9. The second-order valence-electron chi connectivity index (χ2n) is 5.31. The highest BCUT2D eigenvalue weighted by Crippen LogP contribution is 2.37. The Morgan fingerprint density at radius 1 is 1.09 bits per heavy atom. The number of hydrogen-bond donors (Lipinski definition) is 1. The minimum atomic E-state index is -0.0853. The Bertz CT molecular complexity index is 816. The van der Waals surface area contributed by atoms with Crippen molar-refractivity contribution in [2.75, 3.05) is 0 Å². The van der Waals surface area contributed by atoms with Crippen LogP contribution in [0.15, 0.2) is 63.3 Å². The lowest BCUT2D eigenvalue weighted by molar-refractivity contribution is 0.246. The van der Waals surface area contributed by atoms with E-state index >= 15 is 0 Å². The van der Waals surface area contributed by atoms with E-state index < -0.39 is 0 Å². The fourth-order valence-electron chi connectivity index (χ4n) is 2.82. The van der Waals surface area contributed by atoms with Crippen molar-refractivity contribution in [3.63, 3.8) is 0 Å². The first-order valence-corrected chi connectivity index (χ1v) is 8.12. The third kappa shape index (κ3) is 2.30. The molecule has 4 rings (SSSR count). The molecule has 0 saturated carbocycles. The first-order chi connectivity index (χ1) is 10.8. The number of aliphatic hydroxyl groups excluding tert-OH is 1. The molecule has 0 spiro atoms. The highest BCUT2D eigenvalue weighted by Gasteiger charge is 2.29. The summed E-state index contributed by atoms with van der Waals surface area (Å²) in [6.07, 6.45) is 0.891. The van der Waals surface area contributed by atoms with E-state index in [4.69, 9.17) is 14.5 Å². The molecule has 110 valence electrons. The lowest BCUT2D eigenvalue weighted by Gasteiger charge is -2.07. The predicted octanol–water partition coefficient (Wildman–Crippen LogP) is 3.97. The molecule has 1 aliphatic heterocycles. The van der Waals surface area contributed by atoms with Crippen LogP contribution in [0, 0.1) is 0 Å². The molecule has 3 heterocycles. The Kier molecular flexibility index (Phi) is 3.41. The maximum atomic E-state index is 9.16. The van der Waals surface area contributed by atoms with Crippen LogP contribution in [0.1, 0.15) is 33.6 Å². The molecule has 1 N–H and O–H groups in total. The van der Waals surface area contributed by atoms with Crippen LogP contribution in [-0.2, 0) is 13.0 Å². The van der Waals surface area contributed by atoms with Gasteiger partial charge in [-0.2, -0.15) is 0 Å². The van der Waals surface area contributed by atoms with Crippen molar-refractivity contribution in [2.45, 2.75) is 19.1 Å². The maximum absolute atomic E-state index is 9.16. The van der Waals surface area contributed by atoms with Gasteiger partial charge in [0.1, 0.15) is 18.1 Å². The second kappa shape index (κ2) is 5.55. The first-order valence-electron chi connectivity index (χ1n) is 7.24. The third-order valence-electron chi connectivity index (χ3n) is 3.88. The van der Waals surface area contributed by atoms with Crippen LogP contribution in [-0.4, -0.2) is 10.8 Å². The predicted molar refractivity (Wildman–Crippen MR) is 87.5 cm³/mol. The number of fused-ring (bicyclic) bond motifs is 1. The van der Waals surface area contributed by atoms with E-state index in [9.17, 15) is 0 Å². The van der Waals surface area contributed by atoms with Crippen LogP contribution in [0.3, 0.4) is 0 Å². The van der Waals surface area contributed by atoms with Gasteiger partial charge in [-0.1, -0.05) is 30.3 Å². The molecule has 0 fully saturated rings. The van der Waals surface area contributed by atoms with Crippen molar-refractivity contribution in [3.8, 4) is 0 Å². The van der Waals surface area contributed by atoms with Gasteiger partial charge in [0.05, 0.1) is 10.9 Å². The largest absolute Gasteiger partial charge is 0.457 e. The Balaban J connectivity index is 1.69. The second-order valence-corrected chi connectivity index (χ2v) is 6.23. The lowest BCUT2D eigenvalue weighted by Crippen LogP contribution is -1.96. The summed E-state index contributed by atoms with van der Waals surface area (Å²) in [5.41, 5.74) is 3.46. The van der Waals surface area contributed by atoms with Gasteiger partial charge in [-0.3, -0.25) is 4.99 Å². The molecule has 22 heavy (non-hydrogen) atoms. The Hall–Kier alpha value is -2.17. The fourth-order valence-corrected chi connectivity index (χ4v) is 3.77. The van der Waals surface area contributed by atoms with Gasteiger partial charge < -0.3 is 9.52 Å². The summed E-state index contributed by atoms with van der Waals surface area (Å²) >= 11 is 1.69. The number of aliphatic hydroxyl groups is 1. The van der Waals surface area contributed by atoms with Crippen molar-refractivity contribution in [1.82, 2.24) is 0 Å². The van der Waals surface area contributed by atoms with Gasteiger partial charge in [-0.15, -0.1) is 11.3 Å². The molecule has 1 aliphatic rings. The number of aliphatic imine (C=N–C) groups is 1. The van der Waals surface area contributed by atoms with Crippen LogP contribution < -0.4 is 0 Å². The van der Waals surface area contributed by atoms with E-state index in [0.717, 1.165) is 17.9 Å². The first kappa shape index (κ1) is 13.5. The Labute approximate surface area is 132 Å². The van der Waals surface area contributed by atoms with Crippen LogP contribution in [0.5, 0.6) is 0 Å². The molecule has 2 aromatic heterocycles. The molecule has 0 amide bonds. The summed E-state index contributed by atoms with van der Waals surface area (Å²) in [5, 5.41) is 11.3. The number of hydrogen-bond acceptors (Lipinski definition) is 4. The Morgan fingerprint density at radius 3 is 2.73 bits per heavy atom. The van der Waals surface area contributed by atoms with Gasteiger partial charge in [-0.25, -0.2) is 0 Å². The molecule has 0 bridgehead atoms. The summed E-state index contributed by atoms with van der Waals surface area (Å²) in [6, 6.07) is 16.4. The minimum absolute atomic E-state index is 0.0853. The van der Waals surface area contributed by atoms with Crippen LogP contribution in [0.25, 0.3) is 0 Å². The smallest absolute Gasteiger partial charge is 0.153 e. The minimum Gasteiger partial charge on any atom is -0.457 e. The molecule has 1 unspecified atom stereocenters. The van der Waals surface area contributed by atoms with Crippen LogP contribution in [0.4, 0.5) is 0 Å². The van der Waals surface area contributed by atoms with Gasteiger partial charge in [0.25, 0.3) is 0 Å². The van der Waals surface area contributed by atoms with E-state index in [-0.39, 0.29) is 12.6 Å². The number of furan rings is 1. The summed E-state index contributed by atoms with van der Waals surface area (Å²) in [6.45, 7) is -0.0853. The molecule has 3 nitrogen and oxygen atoms in total. The average molecular weight is 309 g/mol. The normalized spacial score (nSPS) is 16.6. The highest BCUT2D eigenvalue weighted by atomic mass is 32.1. The van der Waals surface area contributed by atoms with Gasteiger partial charge in [0.15, 0.2) is 5.76 Å². The molecule has 0 aliphatic carbocycles. The van der Waals surface area contributed by atoms with Gasteiger partial charge in [0.2, 0.25) is 0 Å². The quantitative estimate of drug-likeness (QED) is 0.792. The highest BCUT2D eigenvalue weighted by molar-refractivity contribution is 7.12. The molecular weight excluding hydrogens is 294 g/mol. The van der Waals surface area contributed by atoms with E-state index in [1.807, 2.05) is 12.1 Å². The number of nitrogens with zero attached hydrogens (tertiary/aromatic N) is 1. The van der Waals surface area contributed by atoms with Crippen molar-refractivity contribution in [1.29, 1.82) is 0 Å². The van der Waals surface area contributed by atoms with Crippen molar-refractivity contribution in [2.24, 2.45) is 4.99 Å². The van der Waals surface area contributed by atoms with Gasteiger partial charge in [-0.05, 0) is 41.1 Å². The molecule has 4 heteroatoms. The fraction of sp³-hybridized carbons (Fsp3) is 0.167.